The van der Waals surface area contributed by atoms with Crippen molar-refractivity contribution in [3.8, 4) is 0 Å². The van der Waals surface area contributed by atoms with Gasteiger partial charge in [-0.25, -0.2) is 5.01 Å². The Labute approximate surface area is 198 Å². The Morgan fingerprint density at radius 3 is 2.71 bits per heavy atom. The number of hydrogen-bond donors (Lipinski definition) is 3. The third kappa shape index (κ3) is 5.98. The topological polar surface area (TPSA) is 203 Å². The van der Waals surface area contributed by atoms with Crippen molar-refractivity contribution in [3.05, 3.63) is 29.7 Å². The molecule has 3 atom stereocenters. The molecule has 0 bridgehead atoms. The molecule has 1 aromatic rings. The van der Waals surface area contributed by atoms with Crippen molar-refractivity contribution in [2.75, 3.05) is 6.54 Å². The molecule has 35 heavy (non-hydrogen) atoms. The highest BCUT2D eigenvalue weighted by Crippen LogP contribution is 2.25. The Morgan fingerprint density at radius 1 is 1.29 bits per heavy atom. The van der Waals surface area contributed by atoms with Crippen LogP contribution >= 0.6 is 0 Å². The van der Waals surface area contributed by atoms with Gasteiger partial charge in [0.2, 0.25) is 11.8 Å². The summed E-state index contributed by atoms with van der Waals surface area (Å²) in [4.78, 5) is 77.4. The molecular weight excluding hydrogens is 464 g/mol. The average molecular weight is 488 g/mol. The van der Waals surface area contributed by atoms with Gasteiger partial charge in [0.25, 0.3) is 17.6 Å². The first-order chi connectivity index (χ1) is 16.7. The van der Waals surface area contributed by atoms with E-state index in [-0.39, 0.29) is 38.0 Å². The van der Waals surface area contributed by atoms with Crippen LogP contribution in [0.3, 0.4) is 0 Å². The van der Waals surface area contributed by atoms with E-state index >= 15 is 0 Å². The summed E-state index contributed by atoms with van der Waals surface area (Å²) in [6, 6.07) is -0.704. The molecule has 3 N–H and O–H groups in total. The van der Waals surface area contributed by atoms with Crippen LogP contribution in [0.5, 0.6) is 0 Å². The minimum atomic E-state index is -1.32. The Hall–Kier alpha value is -4.32. The molecule has 0 saturated carbocycles. The van der Waals surface area contributed by atoms with E-state index < -0.39 is 59.9 Å². The van der Waals surface area contributed by atoms with Crippen molar-refractivity contribution in [1.82, 2.24) is 20.7 Å². The van der Waals surface area contributed by atoms with Crippen LogP contribution in [0.4, 0.5) is 0 Å². The number of hydrazine groups is 1. The quantitative estimate of drug-likeness (QED) is 0.226. The van der Waals surface area contributed by atoms with E-state index in [0.717, 1.165) is 5.01 Å². The zero-order chi connectivity index (χ0) is 25.5. The third-order valence-electron chi connectivity index (χ3n) is 5.71. The number of carboxylic acid groups (broad SMARTS) is 1. The molecule has 3 heterocycles. The molecule has 0 radical (unpaired) electrons. The molecule has 1 aromatic heterocycles. The number of aliphatic carboxylic acids is 1. The van der Waals surface area contributed by atoms with Crippen LogP contribution in [0.15, 0.2) is 22.8 Å². The zero-order valence-electron chi connectivity index (χ0n) is 18.6. The van der Waals surface area contributed by atoms with Crippen LogP contribution in [-0.2, 0) is 24.0 Å². The summed E-state index contributed by atoms with van der Waals surface area (Å²) in [5, 5.41) is 16.0. The van der Waals surface area contributed by atoms with Gasteiger partial charge in [-0.05, 0) is 37.8 Å². The Balaban J connectivity index is 1.82. The number of amides is 4. The van der Waals surface area contributed by atoms with Gasteiger partial charge in [0, 0.05) is 19.4 Å². The maximum absolute atomic E-state index is 13.4. The van der Waals surface area contributed by atoms with Crippen molar-refractivity contribution in [2.45, 2.75) is 56.7 Å². The summed E-state index contributed by atoms with van der Waals surface area (Å²) in [5.41, 5.74) is 8.65. The lowest BCUT2D eigenvalue weighted by Gasteiger charge is -2.43. The summed E-state index contributed by atoms with van der Waals surface area (Å²) in [6.45, 7) is 0.186. The highest BCUT2D eigenvalue weighted by Gasteiger charge is 2.45. The van der Waals surface area contributed by atoms with E-state index in [1.807, 2.05) is 0 Å². The number of nitrogens with zero attached hydrogens (tertiary/aromatic N) is 4. The predicted octanol–water partition coefficient (Wildman–Crippen LogP) is -0.874. The highest BCUT2D eigenvalue weighted by molar-refractivity contribution is 6.28. The molecule has 0 aliphatic carbocycles. The number of fused-ring (bicyclic) bond motifs is 1. The minimum absolute atomic E-state index is 0.0120. The monoisotopic (exact) mass is 488 g/mol. The normalized spacial score (nSPS) is 20.7. The van der Waals surface area contributed by atoms with Crippen molar-refractivity contribution in [1.29, 1.82) is 0 Å². The van der Waals surface area contributed by atoms with Gasteiger partial charge in [-0.15, -0.1) is 0 Å². The number of ketones is 1. The first-order valence-electron chi connectivity index (χ1n) is 10.9. The molecular formula is C21H24N6O8. The number of carbonyl (C=O) groups is 6. The van der Waals surface area contributed by atoms with E-state index in [9.17, 15) is 28.8 Å². The molecule has 4 amide bonds. The zero-order valence-corrected chi connectivity index (χ0v) is 18.6. The lowest BCUT2D eigenvalue weighted by atomic mass is 10.0. The number of furan rings is 1. The van der Waals surface area contributed by atoms with Crippen molar-refractivity contribution in [3.63, 3.8) is 0 Å². The van der Waals surface area contributed by atoms with Gasteiger partial charge in [0.05, 0.1) is 12.3 Å². The second kappa shape index (κ2) is 11.2. The van der Waals surface area contributed by atoms with Crippen molar-refractivity contribution >= 4 is 41.6 Å². The minimum Gasteiger partial charge on any atom is -0.481 e. The lowest BCUT2D eigenvalue weighted by molar-refractivity contribution is -0.176. The van der Waals surface area contributed by atoms with Crippen LogP contribution < -0.4 is 10.6 Å². The average Bonchev–Trinajstić information content (AvgIpc) is 3.34. The summed E-state index contributed by atoms with van der Waals surface area (Å²) in [7, 11) is 0. The maximum Gasteiger partial charge on any atom is 0.325 e. The Morgan fingerprint density at radius 2 is 2.06 bits per heavy atom. The van der Waals surface area contributed by atoms with Crippen molar-refractivity contribution in [2.24, 2.45) is 0 Å². The number of rotatable bonds is 9. The van der Waals surface area contributed by atoms with Crippen LogP contribution in [0, 0.1) is 0 Å². The number of nitrogens with one attached hydrogen (secondary N) is 2. The predicted molar refractivity (Wildman–Crippen MR) is 114 cm³/mol. The first kappa shape index (κ1) is 25.3. The van der Waals surface area contributed by atoms with Crippen molar-refractivity contribution < 1.29 is 43.1 Å². The maximum atomic E-state index is 13.4. The Kier molecular flexibility index (Phi) is 8.10. The molecule has 2 saturated heterocycles. The number of hydrogen-bond acceptors (Lipinski definition) is 7. The van der Waals surface area contributed by atoms with Gasteiger partial charge in [-0.1, -0.05) is 0 Å². The number of Topliss-reactive ketones (excluding diaryl/α,β-unsaturated/α-hetero) is 1. The molecule has 2 fully saturated rings. The van der Waals surface area contributed by atoms with Gasteiger partial charge < -0.3 is 25.7 Å². The fraction of sp³-hybridized carbons (Fsp3) is 0.476. The van der Waals surface area contributed by atoms with Crippen LogP contribution in [0.1, 0.15) is 49.1 Å². The summed E-state index contributed by atoms with van der Waals surface area (Å²) in [6.07, 6.45) is 1.62. The second-order valence-electron chi connectivity index (χ2n) is 8.04. The van der Waals surface area contributed by atoms with Crippen LogP contribution in [-0.4, -0.2) is 86.2 Å². The lowest BCUT2D eigenvalue weighted by Crippen LogP contribution is -2.64. The molecule has 0 aromatic carbocycles. The molecule has 14 nitrogen and oxygen atoms in total. The summed E-state index contributed by atoms with van der Waals surface area (Å²) >= 11 is 0. The summed E-state index contributed by atoms with van der Waals surface area (Å²) in [5.74, 6) is -4.60. The van der Waals surface area contributed by atoms with E-state index in [4.69, 9.17) is 15.1 Å². The molecule has 0 spiro atoms. The number of carboxylic acids is 1. The van der Waals surface area contributed by atoms with Gasteiger partial charge in [-0.3, -0.25) is 33.8 Å². The molecule has 14 heteroatoms. The largest absolute Gasteiger partial charge is 0.481 e. The van der Waals surface area contributed by atoms with Gasteiger partial charge in [0.1, 0.15) is 12.1 Å². The van der Waals surface area contributed by atoms with E-state index in [2.05, 4.69) is 15.4 Å². The van der Waals surface area contributed by atoms with E-state index in [1.54, 1.807) is 0 Å². The second-order valence-corrected chi connectivity index (χ2v) is 8.04. The van der Waals surface area contributed by atoms with Gasteiger partial charge in [-0.2, -0.15) is 4.79 Å². The standard InChI is InChI=1S/C21H24N6O8/c22-23-11-15(28)12(6-8-18(30)31)24-19(32)14-3-1-9-26-17(29)7-5-13(21(34)27(14)26)25-20(33)16-4-2-10-35-16/h2,4,10-14H,1,3,5-9H2,(H,24,32)(H,25,33)(H,30,31)/t12-,13-,14-/m0/s1. The first-order valence-corrected chi connectivity index (χ1v) is 10.9. The fourth-order valence-corrected chi connectivity index (χ4v) is 4.01. The third-order valence-corrected chi connectivity index (χ3v) is 5.71. The highest BCUT2D eigenvalue weighted by atomic mass is 16.4. The fourth-order valence-electron chi connectivity index (χ4n) is 4.01. The SMILES string of the molecule is [N-]=[N+]=CC(=O)[C@H](CCC(=O)O)NC(=O)[C@@H]1CCCN2C(=O)CC[C@H](NC(=O)c3ccco3)C(=O)N12. The van der Waals surface area contributed by atoms with Gasteiger partial charge >= 0.3 is 12.2 Å². The molecule has 2 aliphatic heterocycles. The van der Waals surface area contributed by atoms with Gasteiger partial charge in [0.15, 0.2) is 5.76 Å². The van der Waals surface area contributed by atoms with Crippen LogP contribution in [0.25, 0.3) is 5.53 Å². The molecule has 0 unspecified atom stereocenters. The Bertz CT molecular complexity index is 1060. The van der Waals surface area contributed by atoms with Crippen LogP contribution in [0.2, 0.25) is 0 Å². The van der Waals surface area contributed by atoms with E-state index in [0.29, 0.717) is 12.6 Å². The molecule has 186 valence electrons. The summed E-state index contributed by atoms with van der Waals surface area (Å²) < 4.78 is 5.04. The van der Waals surface area contributed by atoms with E-state index in [1.165, 1.54) is 23.4 Å². The molecule has 3 rings (SSSR count). The number of carbonyl (C=O) groups excluding carboxylic acids is 5. The smallest absolute Gasteiger partial charge is 0.325 e. The molecule has 2 aliphatic rings.